The first-order chi connectivity index (χ1) is 9.49. The van der Waals surface area contributed by atoms with E-state index in [4.69, 9.17) is 28.2 Å². The number of imidazole rings is 1. The van der Waals surface area contributed by atoms with Gasteiger partial charge >= 0.3 is 0 Å². The van der Waals surface area contributed by atoms with E-state index in [2.05, 4.69) is 25.3 Å². The zero-order valence-electron chi connectivity index (χ0n) is 12.5. The van der Waals surface area contributed by atoms with E-state index in [0.29, 0.717) is 17.0 Å². The second-order valence-corrected chi connectivity index (χ2v) is 6.50. The van der Waals surface area contributed by atoms with Crippen molar-refractivity contribution in [2.24, 2.45) is 5.92 Å². The molecule has 1 aromatic heterocycles. The summed E-state index contributed by atoms with van der Waals surface area (Å²) in [6.07, 6.45) is 2.31. The van der Waals surface area contributed by atoms with E-state index >= 15 is 0 Å². The summed E-state index contributed by atoms with van der Waals surface area (Å²) in [5.74, 6) is 1.56. The van der Waals surface area contributed by atoms with Crippen LogP contribution in [0, 0.1) is 5.92 Å². The summed E-state index contributed by atoms with van der Waals surface area (Å²) in [6.45, 7) is 8.71. The van der Waals surface area contributed by atoms with Gasteiger partial charge in [-0.2, -0.15) is 0 Å². The van der Waals surface area contributed by atoms with Gasteiger partial charge < -0.3 is 4.57 Å². The van der Waals surface area contributed by atoms with Crippen molar-refractivity contribution >= 4 is 34.2 Å². The van der Waals surface area contributed by atoms with E-state index in [9.17, 15) is 0 Å². The van der Waals surface area contributed by atoms with Crippen LogP contribution in [0.25, 0.3) is 11.0 Å². The van der Waals surface area contributed by atoms with Crippen LogP contribution in [0.15, 0.2) is 18.2 Å². The molecule has 1 heterocycles. The Morgan fingerprint density at radius 2 is 1.85 bits per heavy atom. The average Bonchev–Trinajstić information content (AvgIpc) is 2.78. The molecule has 110 valence electrons. The molecule has 0 spiro atoms. The van der Waals surface area contributed by atoms with Gasteiger partial charge in [-0.3, -0.25) is 0 Å². The van der Waals surface area contributed by atoms with Gasteiger partial charge in [-0.05, 0) is 38.0 Å². The van der Waals surface area contributed by atoms with Crippen LogP contribution in [0.3, 0.4) is 0 Å². The molecule has 0 aliphatic carbocycles. The number of alkyl halides is 1. The van der Waals surface area contributed by atoms with E-state index < -0.39 is 0 Å². The summed E-state index contributed by atoms with van der Waals surface area (Å²) < 4.78 is 2.29. The number of hydrogen-bond acceptors (Lipinski definition) is 1. The van der Waals surface area contributed by atoms with Crippen LogP contribution < -0.4 is 0 Å². The molecular formula is C16H22Cl2N2. The van der Waals surface area contributed by atoms with Crippen molar-refractivity contribution in [2.75, 3.05) is 0 Å². The third kappa shape index (κ3) is 2.82. The van der Waals surface area contributed by atoms with E-state index in [1.165, 1.54) is 0 Å². The van der Waals surface area contributed by atoms with Crippen LogP contribution in [0.2, 0.25) is 5.02 Å². The van der Waals surface area contributed by atoms with Crippen molar-refractivity contribution in [3.05, 3.63) is 29.0 Å². The molecule has 1 aromatic carbocycles. The Morgan fingerprint density at radius 3 is 2.40 bits per heavy atom. The molecule has 0 fully saturated rings. The predicted octanol–water partition coefficient (Wildman–Crippen LogP) is 5.99. The quantitative estimate of drug-likeness (QED) is 0.620. The van der Waals surface area contributed by atoms with Gasteiger partial charge in [-0.15, -0.1) is 11.6 Å². The van der Waals surface area contributed by atoms with Crippen molar-refractivity contribution in [2.45, 2.75) is 52.0 Å². The molecule has 0 amide bonds. The van der Waals surface area contributed by atoms with Crippen molar-refractivity contribution in [1.82, 2.24) is 9.55 Å². The largest absolute Gasteiger partial charge is 0.324 e. The number of rotatable bonds is 5. The van der Waals surface area contributed by atoms with Crippen LogP contribution in [-0.2, 0) is 0 Å². The Morgan fingerprint density at radius 1 is 1.20 bits per heavy atom. The van der Waals surface area contributed by atoms with Gasteiger partial charge in [0, 0.05) is 11.1 Å². The lowest BCUT2D eigenvalue weighted by atomic mass is 9.95. The Balaban J connectivity index is 2.62. The third-order valence-corrected chi connectivity index (χ3v) is 4.60. The molecule has 2 atom stereocenters. The van der Waals surface area contributed by atoms with Gasteiger partial charge in [0.05, 0.1) is 16.4 Å². The van der Waals surface area contributed by atoms with Gasteiger partial charge in [-0.25, -0.2) is 4.98 Å². The summed E-state index contributed by atoms with van der Waals surface area (Å²) in [4.78, 5) is 4.69. The number of benzene rings is 1. The summed E-state index contributed by atoms with van der Waals surface area (Å²) in [6, 6.07) is 6.26. The summed E-state index contributed by atoms with van der Waals surface area (Å²) in [5, 5.41) is 0.601. The van der Waals surface area contributed by atoms with Gasteiger partial charge in [0.2, 0.25) is 0 Å². The Hall–Kier alpha value is -0.730. The smallest absolute Gasteiger partial charge is 0.127 e. The first-order valence-corrected chi connectivity index (χ1v) is 8.12. The molecule has 0 N–H and O–H groups in total. The summed E-state index contributed by atoms with van der Waals surface area (Å²) >= 11 is 12.4. The molecular weight excluding hydrogens is 291 g/mol. The second-order valence-electron chi connectivity index (χ2n) is 5.41. The fourth-order valence-electron chi connectivity index (χ4n) is 2.98. The predicted molar refractivity (Wildman–Crippen MR) is 87.8 cm³/mol. The van der Waals surface area contributed by atoms with Crippen LogP contribution in [0.4, 0.5) is 0 Å². The van der Waals surface area contributed by atoms with E-state index in [1.54, 1.807) is 0 Å². The van der Waals surface area contributed by atoms with Crippen LogP contribution in [0.5, 0.6) is 0 Å². The fraction of sp³-hybridized carbons (Fsp3) is 0.562. The Bertz CT molecular complexity index is 585. The van der Waals surface area contributed by atoms with E-state index in [1.807, 2.05) is 25.1 Å². The first-order valence-electron chi connectivity index (χ1n) is 7.31. The van der Waals surface area contributed by atoms with Gasteiger partial charge in [-0.1, -0.05) is 38.3 Å². The average molecular weight is 313 g/mol. The number of fused-ring (bicyclic) bond motifs is 1. The third-order valence-electron chi connectivity index (χ3n) is 4.17. The summed E-state index contributed by atoms with van der Waals surface area (Å²) in [7, 11) is 0. The lowest BCUT2D eigenvalue weighted by Gasteiger charge is -2.26. The van der Waals surface area contributed by atoms with Crippen molar-refractivity contribution in [3.8, 4) is 0 Å². The first kappa shape index (κ1) is 15.7. The molecule has 0 bridgehead atoms. The number of aromatic nitrogens is 2. The van der Waals surface area contributed by atoms with Crippen molar-refractivity contribution < 1.29 is 0 Å². The highest BCUT2D eigenvalue weighted by Gasteiger charge is 2.23. The molecule has 0 radical (unpaired) electrons. The molecule has 20 heavy (non-hydrogen) atoms. The minimum atomic E-state index is -0.113. The maximum absolute atomic E-state index is 6.34. The molecule has 0 aliphatic heterocycles. The fourth-order valence-corrected chi connectivity index (χ4v) is 3.30. The maximum atomic E-state index is 6.34. The van der Waals surface area contributed by atoms with Gasteiger partial charge in [0.1, 0.15) is 5.82 Å². The van der Waals surface area contributed by atoms with Crippen LogP contribution >= 0.6 is 23.2 Å². The van der Waals surface area contributed by atoms with E-state index in [0.717, 1.165) is 29.7 Å². The topological polar surface area (TPSA) is 17.8 Å². The molecule has 2 unspecified atom stereocenters. The summed E-state index contributed by atoms with van der Waals surface area (Å²) in [5.41, 5.74) is 2.05. The minimum Gasteiger partial charge on any atom is -0.324 e. The lowest BCUT2D eigenvalue weighted by molar-refractivity contribution is 0.332. The normalized spacial score (nSPS) is 14.9. The van der Waals surface area contributed by atoms with Crippen LogP contribution in [-0.4, -0.2) is 9.55 Å². The number of halogens is 2. The molecule has 2 aromatic rings. The highest BCUT2D eigenvalue weighted by atomic mass is 35.5. The standard InChI is InChI=1S/C16H22Cl2N2/c1-5-12(6-2)11(4)20-15-8-7-13(18)9-14(15)19-16(20)10(3)17/h7-12H,5-6H2,1-4H3. The zero-order chi connectivity index (χ0) is 14.9. The highest BCUT2D eigenvalue weighted by Crippen LogP contribution is 2.34. The molecule has 0 aliphatic rings. The zero-order valence-corrected chi connectivity index (χ0v) is 14.0. The monoisotopic (exact) mass is 312 g/mol. The van der Waals surface area contributed by atoms with Crippen molar-refractivity contribution in [3.63, 3.8) is 0 Å². The molecule has 2 rings (SSSR count). The Labute approximate surface area is 131 Å². The van der Waals surface area contributed by atoms with Crippen LogP contribution in [0.1, 0.15) is 57.8 Å². The lowest BCUT2D eigenvalue weighted by Crippen LogP contribution is -2.18. The maximum Gasteiger partial charge on any atom is 0.127 e. The van der Waals surface area contributed by atoms with E-state index in [-0.39, 0.29) is 5.38 Å². The van der Waals surface area contributed by atoms with Gasteiger partial charge in [0.25, 0.3) is 0 Å². The highest BCUT2D eigenvalue weighted by molar-refractivity contribution is 6.31. The van der Waals surface area contributed by atoms with Crippen molar-refractivity contribution in [1.29, 1.82) is 0 Å². The molecule has 2 nitrogen and oxygen atoms in total. The van der Waals surface area contributed by atoms with Gasteiger partial charge in [0.15, 0.2) is 0 Å². The Kier molecular flexibility index (Phi) is 4.98. The number of hydrogen-bond donors (Lipinski definition) is 0. The minimum absolute atomic E-state index is 0.113. The second kappa shape index (κ2) is 6.36. The molecule has 4 heteroatoms. The SMILES string of the molecule is CCC(CC)C(C)n1c(C(C)Cl)nc2cc(Cl)ccc21. The number of nitrogens with zero attached hydrogens (tertiary/aromatic N) is 2. The molecule has 0 saturated heterocycles. The molecule has 0 saturated carbocycles.